The molecule has 2 unspecified atom stereocenters. The molecule has 1 spiro atoms. The fraction of sp³-hybridized carbons (Fsp3) is 0.522. The summed E-state index contributed by atoms with van der Waals surface area (Å²) in [6.07, 6.45) is -4.32. The van der Waals surface area contributed by atoms with Gasteiger partial charge in [0.05, 0.1) is 0 Å². The molecule has 0 bridgehead atoms. The lowest BCUT2D eigenvalue weighted by atomic mass is 9.71. The highest BCUT2D eigenvalue weighted by atomic mass is 79.9. The van der Waals surface area contributed by atoms with Crippen molar-refractivity contribution in [1.82, 2.24) is 15.3 Å². The number of aromatic nitrogens is 2. The molecular formula is C23H26BrClF3N5O3. The van der Waals surface area contributed by atoms with Gasteiger partial charge in [-0.25, -0.2) is 0 Å². The molecule has 0 saturated carbocycles. The molecule has 3 atom stereocenters. The third-order valence-corrected chi connectivity index (χ3v) is 7.98. The summed E-state index contributed by atoms with van der Waals surface area (Å²) in [7, 11) is 0. The van der Waals surface area contributed by atoms with Gasteiger partial charge in [0.15, 0.2) is 0 Å². The summed E-state index contributed by atoms with van der Waals surface area (Å²) in [5.74, 6) is -1.03. The summed E-state index contributed by atoms with van der Waals surface area (Å²) in [5, 5.41) is 12.8. The van der Waals surface area contributed by atoms with Crippen LogP contribution in [0.1, 0.15) is 44.3 Å². The summed E-state index contributed by atoms with van der Waals surface area (Å²) in [4.78, 5) is 21.6. The van der Waals surface area contributed by atoms with Crippen molar-refractivity contribution in [2.24, 2.45) is 5.41 Å². The van der Waals surface area contributed by atoms with Crippen LogP contribution in [0.3, 0.4) is 0 Å². The van der Waals surface area contributed by atoms with Crippen LogP contribution in [0.4, 0.5) is 24.9 Å². The lowest BCUT2D eigenvalue weighted by molar-refractivity contribution is -0.198. The quantitative estimate of drug-likeness (QED) is 0.431. The number of hydrogen-bond donors (Lipinski definition) is 3. The largest absolute Gasteiger partial charge is 0.480 e. The molecule has 2 aliphatic rings. The van der Waals surface area contributed by atoms with E-state index in [1.165, 1.54) is 24.3 Å². The number of piperidine rings is 1. The van der Waals surface area contributed by atoms with E-state index >= 15 is 0 Å². The Morgan fingerprint density at radius 1 is 1.36 bits per heavy atom. The summed E-state index contributed by atoms with van der Waals surface area (Å²) in [6, 6.07) is 4.91. The van der Waals surface area contributed by atoms with E-state index in [1.807, 2.05) is 11.8 Å². The minimum absolute atomic E-state index is 0.0822. The van der Waals surface area contributed by atoms with Crippen LogP contribution >= 0.6 is 27.5 Å². The van der Waals surface area contributed by atoms with Gasteiger partial charge in [-0.1, -0.05) is 34.5 Å². The maximum absolute atomic E-state index is 14.0. The monoisotopic (exact) mass is 591 g/mol. The van der Waals surface area contributed by atoms with E-state index in [2.05, 4.69) is 31.2 Å². The van der Waals surface area contributed by atoms with Crippen LogP contribution in [-0.2, 0) is 4.79 Å². The minimum atomic E-state index is -4.75. The molecule has 2 saturated heterocycles. The molecule has 4 N–H and O–H groups in total. The number of alkyl halides is 3. The van der Waals surface area contributed by atoms with Gasteiger partial charge in [0.1, 0.15) is 11.9 Å². The molecular weight excluding hydrogens is 567 g/mol. The first kappa shape index (κ1) is 26.7. The van der Waals surface area contributed by atoms with Crippen molar-refractivity contribution < 1.29 is 27.8 Å². The molecule has 3 heterocycles. The van der Waals surface area contributed by atoms with Crippen molar-refractivity contribution in [3.63, 3.8) is 0 Å². The lowest BCUT2D eigenvalue weighted by Crippen LogP contribution is -2.46. The first-order chi connectivity index (χ1) is 16.9. The molecule has 196 valence electrons. The number of hydrogen-bond acceptors (Lipinski definition) is 7. The van der Waals surface area contributed by atoms with E-state index < -0.39 is 24.3 Å². The average molecular weight is 593 g/mol. The Morgan fingerprint density at radius 3 is 2.67 bits per heavy atom. The number of aliphatic carboxylic acids is 1. The molecule has 8 nitrogen and oxygen atoms in total. The van der Waals surface area contributed by atoms with E-state index in [0.29, 0.717) is 38.2 Å². The number of rotatable bonds is 6. The van der Waals surface area contributed by atoms with Crippen LogP contribution in [-0.4, -0.2) is 52.4 Å². The fourth-order valence-corrected chi connectivity index (χ4v) is 5.90. The SMILES string of the molecule is CCC1NC(C(=O)O)CC12CCN(c1cc(O[C@H](c3cc(Cl)ccc3Br)C(F)(F)F)nc(N)n1)CC2. The first-order valence-corrected chi connectivity index (χ1v) is 12.7. The predicted octanol–water partition coefficient (Wildman–Crippen LogP) is 4.97. The number of nitrogen functional groups attached to an aromatic ring is 1. The summed E-state index contributed by atoms with van der Waals surface area (Å²) in [5.41, 5.74) is 5.48. The number of carbonyl (C=O) groups is 1. The van der Waals surface area contributed by atoms with Gasteiger partial charge in [0.25, 0.3) is 0 Å². The molecule has 36 heavy (non-hydrogen) atoms. The van der Waals surface area contributed by atoms with Crippen molar-refractivity contribution in [2.45, 2.75) is 57.0 Å². The van der Waals surface area contributed by atoms with Crippen molar-refractivity contribution in [3.8, 4) is 5.88 Å². The number of ether oxygens (including phenoxy) is 1. The fourth-order valence-electron chi connectivity index (χ4n) is 5.27. The Morgan fingerprint density at radius 2 is 2.06 bits per heavy atom. The lowest BCUT2D eigenvalue weighted by Gasteiger charge is -2.43. The van der Waals surface area contributed by atoms with Crippen LogP contribution in [0, 0.1) is 5.41 Å². The average Bonchev–Trinajstić information content (AvgIpc) is 3.17. The van der Waals surface area contributed by atoms with E-state index in [1.54, 1.807) is 0 Å². The third-order valence-electron chi connectivity index (χ3n) is 7.02. The number of nitrogens with zero attached hydrogens (tertiary/aromatic N) is 3. The molecule has 2 fully saturated rings. The van der Waals surface area contributed by atoms with Crippen LogP contribution in [0.2, 0.25) is 5.02 Å². The second-order valence-corrected chi connectivity index (χ2v) is 10.5. The number of anilines is 2. The highest BCUT2D eigenvalue weighted by molar-refractivity contribution is 9.10. The van der Waals surface area contributed by atoms with E-state index in [9.17, 15) is 23.1 Å². The molecule has 1 aromatic carbocycles. The predicted molar refractivity (Wildman–Crippen MR) is 132 cm³/mol. The van der Waals surface area contributed by atoms with Crippen molar-refractivity contribution in [1.29, 1.82) is 0 Å². The van der Waals surface area contributed by atoms with Gasteiger partial charge in [-0.15, -0.1) is 0 Å². The topological polar surface area (TPSA) is 114 Å². The number of nitrogens with one attached hydrogen (secondary N) is 1. The number of carboxylic acids is 1. The number of benzene rings is 1. The van der Waals surface area contributed by atoms with Gasteiger partial charge in [0, 0.05) is 40.3 Å². The summed E-state index contributed by atoms with van der Waals surface area (Å²) in [6.45, 7) is 3.12. The van der Waals surface area contributed by atoms with Gasteiger partial charge >= 0.3 is 12.1 Å². The Labute approximate surface area is 219 Å². The number of nitrogens with two attached hydrogens (primary N) is 1. The molecule has 0 aliphatic carbocycles. The molecule has 2 aromatic rings. The minimum Gasteiger partial charge on any atom is -0.480 e. The number of halogens is 5. The number of carboxylic acid groups (broad SMARTS) is 1. The maximum Gasteiger partial charge on any atom is 0.429 e. The Bertz CT molecular complexity index is 1130. The van der Waals surface area contributed by atoms with Crippen LogP contribution < -0.4 is 20.7 Å². The zero-order valence-electron chi connectivity index (χ0n) is 19.4. The maximum atomic E-state index is 14.0. The van der Waals surface area contributed by atoms with Crippen LogP contribution in [0.25, 0.3) is 0 Å². The Balaban J connectivity index is 1.55. The van der Waals surface area contributed by atoms with Gasteiger partial charge in [-0.05, 0) is 49.3 Å². The molecule has 0 radical (unpaired) electrons. The highest BCUT2D eigenvalue weighted by Crippen LogP contribution is 2.46. The third kappa shape index (κ3) is 5.50. The van der Waals surface area contributed by atoms with E-state index in [-0.39, 0.29) is 38.3 Å². The molecule has 13 heteroatoms. The van der Waals surface area contributed by atoms with Crippen molar-refractivity contribution in [3.05, 3.63) is 39.3 Å². The van der Waals surface area contributed by atoms with Gasteiger partial charge < -0.3 is 25.8 Å². The first-order valence-electron chi connectivity index (χ1n) is 11.5. The molecule has 2 aliphatic heterocycles. The van der Waals surface area contributed by atoms with Gasteiger partial charge in [-0.2, -0.15) is 23.1 Å². The molecule has 1 aromatic heterocycles. The summed E-state index contributed by atoms with van der Waals surface area (Å²) >= 11 is 9.07. The second kappa shape index (κ2) is 10.2. The van der Waals surface area contributed by atoms with Crippen LogP contribution in [0.15, 0.2) is 28.7 Å². The van der Waals surface area contributed by atoms with E-state index in [0.717, 1.165) is 6.42 Å². The summed E-state index contributed by atoms with van der Waals surface area (Å²) < 4.78 is 47.4. The van der Waals surface area contributed by atoms with Crippen molar-refractivity contribution >= 4 is 45.3 Å². The normalized spacial score (nSPS) is 22.6. The van der Waals surface area contributed by atoms with Gasteiger partial charge in [0.2, 0.25) is 17.9 Å². The highest BCUT2D eigenvalue weighted by Gasteiger charge is 2.50. The Kier molecular flexibility index (Phi) is 7.59. The zero-order chi connectivity index (χ0) is 26.3. The Hall–Kier alpha value is -2.31. The molecule has 4 rings (SSSR count). The smallest absolute Gasteiger partial charge is 0.429 e. The standard InChI is InChI=1S/C23H26BrClF3N5O3/c1-2-16-22(11-15(30-16)20(34)35)5-7-33(8-6-22)17-10-18(32-21(29)31-17)36-19(23(26,27)28)13-9-12(25)3-4-14(13)24/h3-4,9-10,15-16,19,30H,2,5-8,11H2,1H3,(H,34,35)(H2,29,31,32)/t15?,16?,19-/m1/s1. The molecule has 0 amide bonds. The van der Waals surface area contributed by atoms with Crippen molar-refractivity contribution in [2.75, 3.05) is 23.7 Å². The van der Waals surface area contributed by atoms with Gasteiger partial charge in [-0.3, -0.25) is 4.79 Å². The second-order valence-electron chi connectivity index (χ2n) is 9.20. The van der Waals surface area contributed by atoms with Crippen LogP contribution in [0.5, 0.6) is 5.88 Å². The zero-order valence-corrected chi connectivity index (χ0v) is 21.7. The van der Waals surface area contributed by atoms with E-state index in [4.69, 9.17) is 22.1 Å².